The number of hydrogen-bond donors (Lipinski definition) is 1. The Morgan fingerprint density at radius 2 is 2.08 bits per heavy atom. The van der Waals surface area contributed by atoms with E-state index in [1.54, 1.807) is 11.3 Å². The van der Waals surface area contributed by atoms with E-state index >= 15 is 0 Å². The summed E-state index contributed by atoms with van der Waals surface area (Å²) in [6.07, 6.45) is 7.61. The second-order valence-corrected chi connectivity index (χ2v) is 8.11. The molecule has 2 aromatic rings. The summed E-state index contributed by atoms with van der Waals surface area (Å²) in [5.41, 5.74) is 1.63. The number of piperidine rings is 2. The molecule has 2 aliphatic heterocycles. The normalized spacial score (nSPS) is 22.6. The molecule has 0 radical (unpaired) electrons. The lowest BCUT2D eigenvalue weighted by Crippen LogP contribution is -2.38. The average molecular weight is 362 g/mol. The number of amides is 1. The molecule has 0 bridgehead atoms. The van der Waals surface area contributed by atoms with Crippen molar-refractivity contribution in [3.63, 3.8) is 0 Å². The van der Waals surface area contributed by atoms with Crippen molar-refractivity contribution < 1.29 is 9.90 Å². The molecule has 0 unspecified atom stereocenters. The fourth-order valence-corrected chi connectivity index (χ4v) is 4.79. The first-order valence-corrected chi connectivity index (χ1v) is 10.2. The number of aliphatic hydroxyl groups is 1. The molecule has 7 heteroatoms. The molecule has 2 aliphatic rings. The van der Waals surface area contributed by atoms with Gasteiger partial charge in [-0.2, -0.15) is 0 Å². The van der Waals surface area contributed by atoms with E-state index in [-0.39, 0.29) is 12.5 Å². The third-order valence-electron chi connectivity index (χ3n) is 5.44. The van der Waals surface area contributed by atoms with Crippen LogP contribution in [0.2, 0.25) is 0 Å². The summed E-state index contributed by atoms with van der Waals surface area (Å²) in [5, 5.41) is 11.5. The number of thiazole rings is 1. The number of carbonyl (C=O) groups excluding carboxylic acids is 1. The first kappa shape index (κ1) is 17.0. The Kier molecular flexibility index (Phi) is 5.05. The van der Waals surface area contributed by atoms with E-state index in [0.717, 1.165) is 69.1 Å². The highest BCUT2D eigenvalue weighted by Gasteiger charge is 2.28. The van der Waals surface area contributed by atoms with E-state index < -0.39 is 0 Å². The number of hydrogen-bond acceptors (Lipinski definition) is 5. The Hall–Kier alpha value is -1.44. The van der Waals surface area contributed by atoms with Gasteiger partial charge in [0.25, 0.3) is 5.91 Å². The first-order chi connectivity index (χ1) is 12.3. The highest BCUT2D eigenvalue weighted by Crippen LogP contribution is 2.24. The smallest absolute Gasteiger partial charge is 0.274 e. The number of carbonyl (C=O) groups is 1. The van der Waals surface area contributed by atoms with Crippen molar-refractivity contribution in [1.29, 1.82) is 0 Å². The Balaban J connectivity index is 1.60. The molecule has 0 aromatic carbocycles. The molecule has 0 spiro atoms. The molecule has 25 heavy (non-hydrogen) atoms. The number of nitrogens with zero attached hydrogens (tertiary/aromatic N) is 4. The quantitative estimate of drug-likeness (QED) is 0.906. The summed E-state index contributed by atoms with van der Waals surface area (Å²) in [7, 11) is 0. The molecule has 4 rings (SSSR count). The Morgan fingerprint density at radius 3 is 2.88 bits per heavy atom. The molecule has 1 atom stereocenters. The van der Waals surface area contributed by atoms with Gasteiger partial charge < -0.3 is 10.0 Å². The van der Waals surface area contributed by atoms with Crippen LogP contribution in [0.5, 0.6) is 0 Å². The third kappa shape index (κ3) is 3.45. The minimum Gasteiger partial charge on any atom is -0.396 e. The molecule has 2 fully saturated rings. The fraction of sp³-hybridized carbons (Fsp3) is 0.667. The standard InChI is InChI=1S/C18H26N4O2S/c23-13-14-5-4-6-20(11-14)12-15-16(19-18-22(15)9-10-25-18)17(24)21-7-2-1-3-8-21/h9-10,14,23H,1-8,11-13H2/t14-/m0/s1. The van der Waals surface area contributed by atoms with Gasteiger partial charge in [-0.15, -0.1) is 11.3 Å². The second kappa shape index (κ2) is 7.43. The fourth-order valence-electron chi connectivity index (χ4n) is 4.06. The maximum absolute atomic E-state index is 13.0. The van der Waals surface area contributed by atoms with Gasteiger partial charge in [-0.05, 0) is 44.6 Å². The van der Waals surface area contributed by atoms with Crippen LogP contribution >= 0.6 is 11.3 Å². The molecule has 4 heterocycles. The summed E-state index contributed by atoms with van der Waals surface area (Å²) < 4.78 is 2.07. The highest BCUT2D eigenvalue weighted by molar-refractivity contribution is 7.15. The zero-order valence-electron chi connectivity index (χ0n) is 14.6. The van der Waals surface area contributed by atoms with Gasteiger partial charge >= 0.3 is 0 Å². The molecule has 1 amide bonds. The lowest BCUT2D eigenvalue weighted by molar-refractivity contribution is 0.0713. The zero-order chi connectivity index (χ0) is 17.2. The van der Waals surface area contributed by atoms with Crippen molar-refractivity contribution >= 4 is 22.2 Å². The number of aliphatic hydroxyl groups excluding tert-OH is 1. The SMILES string of the molecule is O=C(c1nc2sccn2c1CN1CCC[C@H](CO)C1)N1CCCCC1. The van der Waals surface area contributed by atoms with Crippen LogP contribution in [0.3, 0.4) is 0 Å². The van der Waals surface area contributed by atoms with Crippen molar-refractivity contribution in [2.24, 2.45) is 5.92 Å². The molecule has 136 valence electrons. The average Bonchev–Trinajstić information content (AvgIpc) is 3.25. The predicted molar refractivity (Wildman–Crippen MR) is 97.9 cm³/mol. The van der Waals surface area contributed by atoms with Crippen LogP contribution in [0.1, 0.15) is 48.3 Å². The molecule has 0 aliphatic carbocycles. The van der Waals surface area contributed by atoms with E-state index in [1.165, 1.54) is 6.42 Å². The van der Waals surface area contributed by atoms with Gasteiger partial charge in [-0.3, -0.25) is 14.1 Å². The minimum absolute atomic E-state index is 0.0846. The minimum atomic E-state index is 0.0846. The van der Waals surface area contributed by atoms with Gasteiger partial charge in [0.15, 0.2) is 10.7 Å². The summed E-state index contributed by atoms with van der Waals surface area (Å²) in [6, 6.07) is 0. The van der Waals surface area contributed by atoms with E-state index in [4.69, 9.17) is 0 Å². The van der Waals surface area contributed by atoms with Gasteiger partial charge in [-0.1, -0.05) is 0 Å². The predicted octanol–water partition coefficient (Wildman–Crippen LogP) is 2.23. The largest absolute Gasteiger partial charge is 0.396 e. The summed E-state index contributed by atoms with van der Waals surface area (Å²) in [6.45, 7) is 4.58. The van der Waals surface area contributed by atoms with E-state index in [2.05, 4.69) is 14.3 Å². The monoisotopic (exact) mass is 362 g/mol. The number of aromatic nitrogens is 2. The Morgan fingerprint density at radius 1 is 1.24 bits per heavy atom. The molecule has 6 nitrogen and oxygen atoms in total. The molecule has 1 N–H and O–H groups in total. The summed E-state index contributed by atoms with van der Waals surface area (Å²) in [5.74, 6) is 0.433. The third-order valence-corrected chi connectivity index (χ3v) is 6.20. The zero-order valence-corrected chi connectivity index (χ0v) is 15.4. The number of rotatable bonds is 4. The maximum Gasteiger partial charge on any atom is 0.274 e. The molecule has 2 saturated heterocycles. The van der Waals surface area contributed by atoms with Crippen LogP contribution in [0, 0.1) is 5.92 Å². The lowest BCUT2D eigenvalue weighted by atomic mass is 9.99. The van der Waals surface area contributed by atoms with Crippen LogP contribution in [-0.4, -0.2) is 63.0 Å². The van der Waals surface area contributed by atoms with Crippen molar-refractivity contribution in [2.45, 2.75) is 38.6 Å². The Bertz CT molecular complexity index is 735. The van der Waals surface area contributed by atoms with Crippen LogP contribution in [0.25, 0.3) is 4.96 Å². The molecule has 0 saturated carbocycles. The van der Waals surface area contributed by atoms with Crippen molar-refractivity contribution in [3.05, 3.63) is 23.0 Å². The number of fused-ring (bicyclic) bond motifs is 1. The second-order valence-electron chi connectivity index (χ2n) is 7.24. The van der Waals surface area contributed by atoms with Gasteiger partial charge in [-0.25, -0.2) is 4.98 Å². The van der Waals surface area contributed by atoms with E-state index in [9.17, 15) is 9.90 Å². The van der Waals surface area contributed by atoms with Crippen LogP contribution in [0.15, 0.2) is 11.6 Å². The van der Waals surface area contributed by atoms with E-state index in [1.807, 2.05) is 16.5 Å². The van der Waals surface area contributed by atoms with Crippen LogP contribution < -0.4 is 0 Å². The number of likely N-dealkylation sites (tertiary alicyclic amines) is 2. The van der Waals surface area contributed by atoms with Crippen molar-refractivity contribution in [2.75, 3.05) is 32.8 Å². The first-order valence-electron chi connectivity index (χ1n) is 9.33. The topological polar surface area (TPSA) is 61.1 Å². The highest BCUT2D eigenvalue weighted by atomic mass is 32.1. The molecule has 2 aromatic heterocycles. The molecular weight excluding hydrogens is 336 g/mol. The van der Waals surface area contributed by atoms with E-state index in [0.29, 0.717) is 11.6 Å². The molecular formula is C18H26N4O2S. The van der Waals surface area contributed by atoms with Crippen LogP contribution in [-0.2, 0) is 6.54 Å². The van der Waals surface area contributed by atoms with Gasteiger partial charge in [0.1, 0.15) is 0 Å². The summed E-state index contributed by atoms with van der Waals surface area (Å²) in [4.78, 5) is 22.9. The van der Waals surface area contributed by atoms with Crippen molar-refractivity contribution in [1.82, 2.24) is 19.2 Å². The van der Waals surface area contributed by atoms with Crippen LogP contribution in [0.4, 0.5) is 0 Å². The van der Waals surface area contributed by atoms with Gasteiger partial charge in [0.2, 0.25) is 0 Å². The van der Waals surface area contributed by atoms with Crippen molar-refractivity contribution in [3.8, 4) is 0 Å². The lowest BCUT2D eigenvalue weighted by Gasteiger charge is -2.32. The Labute approximate surface area is 152 Å². The number of imidazole rings is 1. The van der Waals surface area contributed by atoms with Gasteiger partial charge in [0, 0.05) is 44.4 Å². The van der Waals surface area contributed by atoms with Gasteiger partial charge in [0.05, 0.1) is 5.69 Å². The maximum atomic E-state index is 13.0. The summed E-state index contributed by atoms with van der Waals surface area (Å²) >= 11 is 1.58.